The molecule has 96 valence electrons. The van der Waals surface area contributed by atoms with E-state index in [-0.39, 0.29) is 5.41 Å². The zero-order chi connectivity index (χ0) is 13.4. The van der Waals surface area contributed by atoms with Crippen molar-refractivity contribution in [3.05, 3.63) is 56.7 Å². The highest BCUT2D eigenvalue weighted by atomic mass is 79.9. The Morgan fingerprint density at radius 3 is 2.11 bits per heavy atom. The van der Waals surface area contributed by atoms with Crippen molar-refractivity contribution in [1.82, 2.24) is 0 Å². The molecule has 1 unspecified atom stereocenters. The van der Waals surface area contributed by atoms with Crippen LogP contribution in [0.3, 0.4) is 0 Å². The molecule has 0 saturated heterocycles. The van der Waals surface area contributed by atoms with Gasteiger partial charge >= 0.3 is 0 Å². The third-order valence-corrected chi connectivity index (χ3v) is 5.17. The number of thiophene rings is 1. The van der Waals surface area contributed by atoms with Crippen LogP contribution in [0.2, 0.25) is 0 Å². The van der Waals surface area contributed by atoms with E-state index in [1.54, 1.807) is 11.3 Å². The predicted octanol–water partition coefficient (Wildman–Crippen LogP) is 4.79. The first kappa shape index (κ1) is 13.8. The van der Waals surface area contributed by atoms with Crippen molar-refractivity contribution < 1.29 is 5.11 Å². The first-order valence-electron chi connectivity index (χ1n) is 5.89. The van der Waals surface area contributed by atoms with Crippen LogP contribution in [0.25, 0.3) is 0 Å². The SMILES string of the molecule is CC(C)(C)C(O)(c1ccccc1)c1sccc1Br. The van der Waals surface area contributed by atoms with Gasteiger partial charge in [0.15, 0.2) is 0 Å². The molecule has 0 saturated carbocycles. The Hall–Kier alpha value is -0.640. The number of halogens is 1. The highest BCUT2D eigenvalue weighted by Gasteiger charge is 2.45. The van der Waals surface area contributed by atoms with Crippen LogP contribution in [0, 0.1) is 5.41 Å². The summed E-state index contributed by atoms with van der Waals surface area (Å²) in [6.45, 7) is 6.18. The smallest absolute Gasteiger partial charge is 0.130 e. The summed E-state index contributed by atoms with van der Waals surface area (Å²) in [5, 5.41) is 13.3. The van der Waals surface area contributed by atoms with Crippen LogP contribution in [-0.2, 0) is 5.60 Å². The molecule has 1 aromatic heterocycles. The van der Waals surface area contributed by atoms with Gasteiger partial charge in [0.05, 0.1) is 4.88 Å². The van der Waals surface area contributed by atoms with E-state index in [4.69, 9.17) is 0 Å². The minimum absolute atomic E-state index is 0.290. The Morgan fingerprint density at radius 2 is 1.67 bits per heavy atom. The van der Waals surface area contributed by atoms with Crippen molar-refractivity contribution in [2.24, 2.45) is 5.41 Å². The molecule has 2 aromatic rings. The van der Waals surface area contributed by atoms with E-state index in [1.807, 2.05) is 41.8 Å². The standard InChI is InChI=1S/C15H17BrOS/c1-14(2,3)15(17,11-7-5-4-6-8-11)13-12(16)9-10-18-13/h4-10,17H,1-3H3. The van der Waals surface area contributed by atoms with Gasteiger partial charge in [-0.3, -0.25) is 0 Å². The van der Waals surface area contributed by atoms with E-state index in [2.05, 4.69) is 36.7 Å². The average Bonchev–Trinajstić information content (AvgIpc) is 2.74. The molecular formula is C15H17BrOS. The topological polar surface area (TPSA) is 20.2 Å². The van der Waals surface area contributed by atoms with Gasteiger partial charge in [0.2, 0.25) is 0 Å². The Balaban J connectivity index is 2.67. The lowest BCUT2D eigenvalue weighted by atomic mass is 9.71. The van der Waals surface area contributed by atoms with E-state index in [0.717, 1.165) is 14.9 Å². The van der Waals surface area contributed by atoms with Crippen LogP contribution < -0.4 is 0 Å². The highest BCUT2D eigenvalue weighted by molar-refractivity contribution is 9.10. The maximum absolute atomic E-state index is 11.3. The zero-order valence-electron chi connectivity index (χ0n) is 10.8. The van der Waals surface area contributed by atoms with E-state index in [0.29, 0.717) is 0 Å². The van der Waals surface area contributed by atoms with Crippen LogP contribution in [0.5, 0.6) is 0 Å². The Labute approximate surface area is 121 Å². The largest absolute Gasteiger partial charge is 0.379 e. The summed E-state index contributed by atoms with van der Waals surface area (Å²) >= 11 is 5.12. The fourth-order valence-electron chi connectivity index (χ4n) is 2.14. The van der Waals surface area contributed by atoms with Gasteiger partial charge in [0.25, 0.3) is 0 Å². The Kier molecular flexibility index (Phi) is 3.67. The molecule has 1 heterocycles. The Morgan fingerprint density at radius 1 is 1.06 bits per heavy atom. The number of aliphatic hydroxyl groups is 1. The van der Waals surface area contributed by atoms with Crippen LogP contribution in [0.15, 0.2) is 46.3 Å². The summed E-state index contributed by atoms with van der Waals surface area (Å²) in [6, 6.07) is 11.9. The van der Waals surface area contributed by atoms with E-state index in [1.165, 1.54) is 0 Å². The quantitative estimate of drug-likeness (QED) is 0.841. The summed E-state index contributed by atoms with van der Waals surface area (Å²) in [5.41, 5.74) is -0.344. The lowest BCUT2D eigenvalue weighted by Gasteiger charge is -2.40. The van der Waals surface area contributed by atoms with Crippen LogP contribution >= 0.6 is 27.3 Å². The molecule has 18 heavy (non-hydrogen) atoms. The van der Waals surface area contributed by atoms with Crippen molar-refractivity contribution >= 4 is 27.3 Å². The molecule has 1 nitrogen and oxygen atoms in total. The van der Waals surface area contributed by atoms with Crippen molar-refractivity contribution in [2.75, 3.05) is 0 Å². The van der Waals surface area contributed by atoms with E-state index >= 15 is 0 Å². The monoisotopic (exact) mass is 324 g/mol. The van der Waals surface area contributed by atoms with E-state index in [9.17, 15) is 5.11 Å². The normalized spacial score (nSPS) is 15.4. The fraction of sp³-hybridized carbons (Fsp3) is 0.333. The number of benzene rings is 1. The molecule has 0 fully saturated rings. The van der Waals surface area contributed by atoms with Gasteiger partial charge in [-0.1, -0.05) is 51.1 Å². The molecular weight excluding hydrogens is 308 g/mol. The molecule has 0 amide bonds. The van der Waals surface area contributed by atoms with Crippen LogP contribution in [0.4, 0.5) is 0 Å². The molecule has 1 atom stereocenters. The second-order valence-electron chi connectivity index (χ2n) is 5.42. The van der Waals surface area contributed by atoms with Crippen molar-refractivity contribution in [1.29, 1.82) is 0 Å². The van der Waals surface area contributed by atoms with Crippen molar-refractivity contribution in [3.63, 3.8) is 0 Å². The summed E-state index contributed by atoms with van der Waals surface area (Å²) in [7, 11) is 0. The van der Waals surface area contributed by atoms with Gasteiger partial charge in [0.1, 0.15) is 5.60 Å². The second-order valence-corrected chi connectivity index (χ2v) is 7.19. The summed E-state index contributed by atoms with van der Waals surface area (Å²) in [4.78, 5) is 0.959. The average molecular weight is 325 g/mol. The molecule has 0 bridgehead atoms. The molecule has 0 aliphatic rings. The summed E-state index contributed by atoms with van der Waals surface area (Å²) < 4.78 is 0.966. The van der Waals surface area contributed by atoms with E-state index < -0.39 is 5.60 Å². The number of hydrogen-bond acceptors (Lipinski definition) is 2. The van der Waals surface area contributed by atoms with Gasteiger partial charge in [0, 0.05) is 4.47 Å². The highest BCUT2D eigenvalue weighted by Crippen LogP contribution is 2.48. The molecule has 2 rings (SSSR count). The van der Waals surface area contributed by atoms with Gasteiger partial charge in [-0.05, 0) is 38.4 Å². The maximum atomic E-state index is 11.3. The van der Waals surface area contributed by atoms with Crippen LogP contribution in [-0.4, -0.2) is 5.11 Å². The third-order valence-electron chi connectivity index (χ3n) is 3.22. The summed E-state index contributed by atoms with van der Waals surface area (Å²) in [6.07, 6.45) is 0. The van der Waals surface area contributed by atoms with Crippen molar-refractivity contribution in [3.8, 4) is 0 Å². The molecule has 0 aliphatic carbocycles. The molecule has 0 radical (unpaired) electrons. The lowest BCUT2D eigenvalue weighted by molar-refractivity contribution is -0.0232. The molecule has 0 aliphatic heterocycles. The van der Waals surface area contributed by atoms with Gasteiger partial charge in [-0.25, -0.2) is 0 Å². The number of rotatable bonds is 2. The first-order chi connectivity index (χ1) is 8.37. The van der Waals surface area contributed by atoms with Gasteiger partial charge in [-0.2, -0.15) is 0 Å². The minimum Gasteiger partial charge on any atom is -0.379 e. The minimum atomic E-state index is -0.985. The maximum Gasteiger partial charge on any atom is 0.130 e. The molecule has 1 aromatic carbocycles. The molecule has 3 heteroatoms. The third kappa shape index (κ3) is 2.15. The predicted molar refractivity (Wildman–Crippen MR) is 80.9 cm³/mol. The fourth-order valence-corrected chi connectivity index (χ4v) is 4.13. The van der Waals surface area contributed by atoms with Crippen LogP contribution in [0.1, 0.15) is 31.2 Å². The molecule has 1 N–H and O–H groups in total. The van der Waals surface area contributed by atoms with Gasteiger partial charge < -0.3 is 5.11 Å². The molecule has 0 spiro atoms. The zero-order valence-corrected chi connectivity index (χ0v) is 13.2. The first-order valence-corrected chi connectivity index (χ1v) is 7.56. The van der Waals surface area contributed by atoms with Crippen molar-refractivity contribution in [2.45, 2.75) is 26.4 Å². The second kappa shape index (κ2) is 4.80. The number of hydrogen-bond donors (Lipinski definition) is 1. The summed E-state index contributed by atoms with van der Waals surface area (Å²) in [5.74, 6) is 0. The lowest BCUT2D eigenvalue weighted by Crippen LogP contribution is -2.40. The van der Waals surface area contributed by atoms with Gasteiger partial charge in [-0.15, -0.1) is 11.3 Å². The Bertz CT molecular complexity index is 527.